The van der Waals surface area contributed by atoms with Crippen LogP contribution in [-0.4, -0.2) is 35.6 Å². The number of fused-ring (bicyclic) bond motifs is 1. The number of hydrogen-bond acceptors (Lipinski definition) is 4. The first-order valence-electron chi connectivity index (χ1n) is 7.81. The summed E-state index contributed by atoms with van der Waals surface area (Å²) in [4.78, 5) is 11.5. The zero-order valence-electron chi connectivity index (χ0n) is 12.8. The molecule has 0 amide bonds. The second-order valence-electron chi connectivity index (χ2n) is 5.96. The predicted octanol–water partition coefficient (Wildman–Crippen LogP) is 2.19. The molecule has 6 heteroatoms. The van der Waals surface area contributed by atoms with Gasteiger partial charge >= 0.3 is 0 Å². The fourth-order valence-electron chi connectivity index (χ4n) is 3.27. The van der Waals surface area contributed by atoms with E-state index in [1.807, 2.05) is 29.3 Å². The Labute approximate surface area is 129 Å². The molecule has 3 aromatic heterocycles. The Bertz CT molecular complexity index is 774. The smallest absolute Gasteiger partial charge is 0.155 e. The molecule has 1 atom stereocenters. The lowest BCUT2D eigenvalue weighted by Gasteiger charge is -2.35. The van der Waals surface area contributed by atoms with Crippen LogP contribution in [0.2, 0.25) is 0 Å². The number of rotatable bonds is 3. The van der Waals surface area contributed by atoms with Crippen molar-refractivity contribution in [3.8, 4) is 0 Å². The Balaban J connectivity index is 1.63. The highest BCUT2D eigenvalue weighted by atomic mass is 15.2. The third-order valence-electron chi connectivity index (χ3n) is 4.52. The normalized spacial score (nSPS) is 19.8. The molecule has 1 aliphatic heterocycles. The first-order valence-corrected chi connectivity index (χ1v) is 7.81. The summed E-state index contributed by atoms with van der Waals surface area (Å²) in [7, 11) is 2.05. The maximum Gasteiger partial charge on any atom is 0.155 e. The zero-order valence-corrected chi connectivity index (χ0v) is 12.8. The third-order valence-corrected chi connectivity index (χ3v) is 4.52. The monoisotopic (exact) mass is 296 g/mol. The molecule has 0 unspecified atom stereocenters. The fourth-order valence-corrected chi connectivity index (χ4v) is 3.27. The Kier molecular flexibility index (Phi) is 3.38. The average Bonchev–Trinajstić information content (AvgIpc) is 3.16. The predicted molar refractivity (Wildman–Crippen MR) is 83.2 cm³/mol. The molecule has 4 heterocycles. The highest BCUT2D eigenvalue weighted by Gasteiger charge is 2.26. The number of nitrogens with zero attached hydrogens (tertiary/aromatic N) is 6. The van der Waals surface area contributed by atoms with Gasteiger partial charge in [-0.3, -0.25) is 4.90 Å². The van der Waals surface area contributed by atoms with Gasteiger partial charge in [0.1, 0.15) is 0 Å². The van der Waals surface area contributed by atoms with Crippen molar-refractivity contribution in [2.24, 2.45) is 7.05 Å². The maximum atomic E-state index is 4.80. The van der Waals surface area contributed by atoms with Crippen LogP contribution in [0.5, 0.6) is 0 Å². The van der Waals surface area contributed by atoms with Gasteiger partial charge in [0, 0.05) is 32.1 Å². The van der Waals surface area contributed by atoms with E-state index in [1.54, 1.807) is 6.20 Å². The van der Waals surface area contributed by atoms with Crippen molar-refractivity contribution in [2.75, 3.05) is 6.54 Å². The van der Waals surface area contributed by atoms with Gasteiger partial charge in [-0.2, -0.15) is 5.10 Å². The van der Waals surface area contributed by atoms with Crippen molar-refractivity contribution in [1.82, 2.24) is 29.0 Å². The summed E-state index contributed by atoms with van der Waals surface area (Å²) < 4.78 is 3.91. The molecule has 22 heavy (non-hydrogen) atoms. The molecule has 0 spiro atoms. The number of aromatic nitrogens is 5. The molecule has 0 aromatic carbocycles. The number of imidazole rings is 1. The van der Waals surface area contributed by atoms with Crippen molar-refractivity contribution in [3.05, 3.63) is 48.4 Å². The Morgan fingerprint density at radius 2 is 2.23 bits per heavy atom. The summed E-state index contributed by atoms with van der Waals surface area (Å²) in [6.45, 7) is 2.04. The molecule has 0 aliphatic carbocycles. The van der Waals surface area contributed by atoms with Gasteiger partial charge in [0.15, 0.2) is 5.65 Å². The number of piperidine rings is 1. The van der Waals surface area contributed by atoms with Crippen LogP contribution in [0, 0.1) is 0 Å². The van der Waals surface area contributed by atoms with E-state index in [1.165, 1.54) is 18.5 Å². The molecular weight excluding hydrogens is 276 g/mol. The van der Waals surface area contributed by atoms with Crippen LogP contribution in [0.25, 0.3) is 5.65 Å². The molecule has 6 nitrogen and oxygen atoms in total. The zero-order chi connectivity index (χ0) is 14.9. The van der Waals surface area contributed by atoms with E-state index in [0.717, 1.165) is 30.9 Å². The van der Waals surface area contributed by atoms with E-state index in [4.69, 9.17) is 4.98 Å². The van der Waals surface area contributed by atoms with Crippen LogP contribution in [0.3, 0.4) is 0 Å². The van der Waals surface area contributed by atoms with Gasteiger partial charge in [-0.05, 0) is 25.5 Å². The van der Waals surface area contributed by atoms with Gasteiger partial charge in [0.25, 0.3) is 0 Å². The molecule has 1 saturated heterocycles. The summed E-state index contributed by atoms with van der Waals surface area (Å²) >= 11 is 0. The topological polar surface area (TPSA) is 51.2 Å². The highest BCUT2D eigenvalue weighted by molar-refractivity contribution is 5.37. The molecular formula is C16H20N6. The van der Waals surface area contributed by atoms with Crippen LogP contribution >= 0.6 is 0 Å². The van der Waals surface area contributed by atoms with E-state index >= 15 is 0 Å². The molecule has 1 aliphatic rings. The van der Waals surface area contributed by atoms with Crippen molar-refractivity contribution >= 4 is 5.65 Å². The minimum absolute atomic E-state index is 0.378. The van der Waals surface area contributed by atoms with Crippen LogP contribution in [0.15, 0.2) is 37.1 Å². The first-order chi connectivity index (χ1) is 10.8. The summed E-state index contributed by atoms with van der Waals surface area (Å²) in [5.74, 6) is 0. The molecule has 114 valence electrons. The summed E-state index contributed by atoms with van der Waals surface area (Å²) in [5.41, 5.74) is 3.32. The molecule has 1 fully saturated rings. The lowest BCUT2D eigenvalue weighted by molar-refractivity contribution is 0.134. The van der Waals surface area contributed by atoms with Gasteiger partial charge in [0.2, 0.25) is 0 Å². The van der Waals surface area contributed by atoms with E-state index in [-0.39, 0.29) is 0 Å². The molecule has 0 radical (unpaired) electrons. The molecule has 4 rings (SSSR count). The standard InChI is InChI=1S/C16H20N6/c1-20-12-17-10-13(20)11-21-8-3-2-4-15(21)14-6-9-22-16(19-14)5-7-18-22/h5-7,9-10,12,15H,2-4,8,11H2,1H3/t15-/m0/s1. The molecule has 3 aromatic rings. The highest BCUT2D eigenvalue weighted by Crippen LogP contribution is 2.31. The molecule has 0 N–H and O–H groups in total. The lowest BCUT2D eigenvalue weighted by atomic mass is 9.99. The molecule has 0 saturated carbocycles. The van der Waals surface area contributed by atoms with Crippen molar-refractivity contribution in [3.63, 3.8) is 0 Å². The van der Waals surface area contributed by atoms with Crippen LogP contribution in [-0.2, 0) is 13.6 Å². The van der Waals surface area contributed by atoms with Crippen LogP contribution in [0.1, 0.15) is 36.7 Å². The average molecular weight is 296 g/mol. The molecule has 0 bridgehead atoms. The summed E-state index contributed by atoms with van der Waals surface area (Å²) in [6.07, 6.45) is 11.3. The van der Waals surface area contributed by atoms with Crippen molar-refractivity contribution in [2.45, 2.75) is 31.8 Å². The Hall–Kier alpha value is -2.21. The number of likely N-dealkylation sites (tertiary alicyclic amines) is 1. The SMILES string of the molecule is Cn1cncc1CN1CCCC[C@H]1c1ccn2nccc2n1. The second-order valence-corrected chi connectivity index (χ2v) is 5.96. The van der Waals surface area contributed by atoms with Gasteiger partial charge in [-0.25, -0.2) is 14.5 Å². The van der Waals surface area contributed by atoms with Gasteiger partial charge < -0.3 is 4.57 Å². The van der Waals surface area contributed by atoms with E-state index in [2.05, 4.69) is 32.7 Å². The third kappa shape index (κ3) is 2.39. The van der Waals surface area contributed by atoms with E-state index in [9.17, 15) is 0 Å². The largest absolute Gasteiger partial charge is 0.337 e. The minimum atomic E-state index is 0.378. The number of hydrogen-bond donors (Lipinski definition) is 0. The van der Waals surface area contributed by atoms with E-state index in [0.29, 0.717) is 6.04 Å². The van der Waals surface area contributed by atoms with Crippen LogP contribution in [0.4, 0.5) is 0 Å². The van der Waals surface area contributed by atoms with Crippen molar-refractivity contribution in [1.29, 1.82) is 0 Å². The van der Waals surface area contributed by atoms with Gasteiger partial charge in [-0.1, -0.05) is 6.42 Å². The summed E-state index contributed by atoms with van der Waals surface area (Å²) in [5, 5.41) is 4.23. The van der Waals surface area contributed by atoms with Crippen LogP contribution < -0.4 is 0 Å². The first kappa shape index (κ1) is 13.5. The number of aryl methyl sites for hydroxylation is 1. The quantitative estimate of drug-likeness (QED) is 0.743. The Morgan fingerprint density at radius 3 is 3.09 bits per heavy atom. The van der Waals surface area contributed by atoms with Gasteiger partial charge in [-0.15, -0.1) is 0 Å². The van der Waals surface area contributed by atoms with E-state index < -0.39 is 0 Å². The fraction of sp³-hybridized carbons (Fsp3) is 0.438. The minimum Gasteiger partial charge on any atom is -0.337 e. The maximum absolute atomic E-state index is 4.80. The summed E-state index contributed by atoms with van der Waals surface area (Å²) in [6, 6.07) is 4.44. The second kappa shape index (κ2) is 5.53. The van der Waals surface area contributed by atoms with Gasteiger partial charge in [0.05, 0.1) is 30.0 Å². The Morgan fingerprint density at radius 1 is 1.27 bits per heavy atom. The van der Waals surface area contributed by atoms with Crippen molar-refractivity contribution < 1.29 is 0 Å². The lowest BCUT2D eigenvalue weighted by Crippen LogP contribution is -2.34.